The summed E-state index contributed by atoms with van der Waals surface area (Å²) >= 11 is 0. The molecule has 2 aliphatic rings. The number of hydrogen-bond donors (Lipinski definition) is 1. The Morgan fingerprint density at radius 2 is 1.85 bits per heavy atom. The third-order valence-electron chi connectivity index (χ3n) is 4.99. The second kappa shape index (κ2) is 5.95. The number of nitriles is 1. The summed E-state index contributed by atoms with van der Waals surface area (Å²) in [5.41, 5.74) is 8.13. The Labute approximate surface area is 121 Å². The Kier molecular flexibility index (Phi) is 4.05. The Morgan fingerprint density at radius 3 is 2.50 bits per heavy atom. The Balaban J connectivity index is 1.63. The SMILES string of the molecule is N#Cc1ccccc1C1CCC(N2CCC(N)C2)CC1. The lowest BCUT2D eigenvalue weighted by Crippen LogP contribution is -2.37. The monoisotopic (exact) mass is 269 g/mol. The molecule has 2 N–H and O–H groups in total. The van der Waals surface area contributed by atoms with Crippen molar-refractivity contribution in [3.05, 3.63) is 35.4 Å². The summed E-state index contributed by atoms with van der Waals surface area (Å²) in [6.45, 7) is 2.25. The van der Waals surface area contributed by atoms with Gasteiger partial charge in [-0.15, -0.1) is 0 Å². The van der Waals surface area contributed by atoms with Crippen molar-refractivity contribution in [2.24, 2.45) is 5.73 Å². The van der Waals surface area contributed by atoms with Crippen LogP contribution in [0, 0.1) is 11.3 Å². The van der Waals surface area contributed by atoms with Crippen LogP contribution in [-0.2, 0) is 0 Å². The predicted molar refractivity (Wildman–Crippen MR) is 80.3 cm³/mol. The zero-order valence-corrected chi connectivity index (χ0v) is 12.0. The van der Waals surface area contributed by atoms with Gasteiger partial charge in [-0.2, -0.15) is 5.26 Å². The van der Waals surface area contributed by atoms with Crippen molar-refractivity contribution in [2.75, 3.05) is 13.1 Å². The van der Waals surface area contributed by atoms with E-state index in [2.05, 4.69) is 23.1 Å². The minimum absolute atomic E-state index is 0.382. The summed E-state index contributed by atoms with van der Waals surface area (Å²) < 4.78 is 0. The van der Waals surface area contributed by atoms with Crippen LogP contribution in [-0.4, -0.2) is 30.1 Å². The van der Waals surface area contributed by atoms with Gasteiger partial charge in [0.1, 0.15) is 0 Å². The molecule has 3 nitrogen and oxygen atoms in total. The zero-order chi connectivity index (χ0) is 13.9. The van der Waals surface area contributed by atoms with Gasteiger partial charge in [-0.1, -0.05) is 18.2 Å². The molecule has 0 amide bonds. The predicted octanol–water partition coefficient (Wildman–Crippen LogP) is 2.62. The number of hydrogen-bond acceptors (Lipinski definition) is 3. The van der Waals surface area contributed by atoms with Crippen LogP contribution in [0.1, 0.15) is 49.1 Å². The molecule has 1 aliphatic carbocycles. The van der Waals surface area contributed by atoms with Crippen LogP contribution in [0.2, 0.25) is 0 Å². The second-order valence-corrected chi connectivity index (χ2v) is 6.25. The van der Waals surface area contributed by atoms with Crippen molar-refractivity contribution < 1.29 is 0 Å². The maximum atomic E-state index is 9.23. The topological polar surface area (TPSA) is 53.0 Å². The average Bonchev–Trinajstić information content (AvgIpc) is 2.94. The number of rotatable bonds is 2. The first-order valence-electron chi connectivity index (χ1n) is 7.76. The first-order valence-corrected chi connectivity index (χ1v) is 7.76. The van der Waals surface area contributed by atoms with Gasteiger partial charge in [-0.05, 0) is 49.7 Å². The first kappa shape index (κ1) is 13.6. The van der Waals surface area contributed by atoms with E-state index < -0.39 is 0 Å². The maximum absolute atomic E-state index is 9.23. The molecule has 106 valence electrons. The van der Waals surface area contributed by atoms with Crippen LogP contribution in [0.3, 0.4) is 0 Å². The van der Waals surface area contributed by atoms with Gasteiger partial charge in [-0.25, -0.2) is 0 Å². The molecule has 2 fully saturated rings. The van der Waals surface area contributed by atoms with Crippen molar-refractivity contribution in [1.82, 2.24) is 4.90 Å². The summed E-state index contributed by atoms with van der Waals surface area (Å²) in [4.78, 5) is 2.58. The number of likely N-dealkylation sites (tertiary alicyclic amines) is 1. The lowest BCUT2D eigenvalue weighted by atomic mass is 9.80. The van der Waals surface area contributed by atoms with Crippen molar-refractivity contribution in [3.8, 4) is 6.07 Å². The highest BCUT2D eigenvalue weighted by Gasteiger charge is 2.30. The molecule has 1 aromatic carbocycles. The molecule has 0 spiro atoms. The molecule has 1 saturated heterocycles. The van der Waals surface area contributed by atoms with E-state index in [0.717, 1.165) is 18.5 Å². The molecular weight excluding hydrogens is 246 g/mol. The van der Waals surface area contributed by atoms with Crippen molar-refractivity contribution >= 4 is 0 Å². The molecule has 3 rings (SSSR count). The molecule has 1 unspecified atom stereocenters. The molecule has 0 bridgehead atoms. The van der Waals surface area contributed by atoms with Crippen LogP contribution in [0.15, 0.2) is 24.3 Å². The minimum atomic E-state index is 0.382. The molecule has 1 saturated carbocycles. The maximum Gasteiger partial charge on any atom is 0.0994 e. The number of nitrogens with two attached hydrogens (primary N) is 1. The van der Waals surface area contributed by atoms with Gasteiger partial charge >= 0.3 is 0 Å². The summed E-state index contributed by atoms with van der Waals surface area (Å²) in [7, 11) is 0. The third kappa shape index (κ3) is 2.72. The molecule has 20 heavy (non-hydrogen) atoms. The van der Waals surface area contributed by atoms with Gasteiger partial charge in [-0.3, -0.25) is 4.90 Å². The van der Waals surface area contributed by atoms with E-state index in [-0.39, 0.29) is 0 Å². The minimum Gasteiger partial charge on any atom is -0.326 e. The van der Waals surface area contributed by atoms with Crippen molar-refractivity contribution in [3.63, 3.8) is 0 Å². The van der Waals surface area contributed by atoms with E-state index in [1.165, 1.54) is 37.8 Å². The zero-order valence-electron chi connectivity index (χ0n) is 12.0. The summed E-state index contributed by atoms with van der Waals surface area (Å²) in [5, 5.41) is 9.23. The number of benzene rings is 1. The van der Waals surface area contributed by atoms with E-state index in [9.17, 15) is 5.26 Å². The summed E-state index contributed by atoms with van der Waals surface area (Å²) in [5.74, 6) is 0.568. The summed E-state index contributed by atoms with van der Waals surface area (Å²) in [6.07, 6.45) is 6.05. The van der Waals surface area contributed by atoms with E-state index >= 15 is 0 Å². The molecule has 0 radical (unpaired) electrons. The van der Waals surface area contributed by atoms with Gasteiger partial charge in [0.25, 0.3) is 0 Å². The fourth-order valence-corrected chi connectivity index (χ4v) is 3.85. The van der Waals surface area contributed by atoms with Gasteiger partial charge in [0, 0.05) is 25.2 Å². The fourth-order valence-electron chi connectivity index (χ4n) is 3.85. The largest absolute Gasteiger partial charge is 0.326 e. The standard InChI is InChI=1S/C17H23N3/c18-11-14-3-1-2-4-17(14)13-5-7-16(8-6-13)20-10-9-15(19)12-20/h1-4,13,15-16H,5-10,12,19H2. The van der Waals surface area contributed by atoms with Crippen molar-refractivity contribution in [2.45, 2.75) is 50.1 Å². The van der Waals surface area contributed by atoms with Crippen LogP contribution >= 0.6 is 0 Å². The van der Waals surface area contributed by atoms with Crippen LogP contribution < -0.4 is 5.73 Å². The molecule has 1 aromatic rings. The Bertz CT molecular complexity index is 497. The lowest BCUT2D eigenvalue weighted by molar-refractivity contribution is 0.180. The number of nitrogens with zero attached hydrogens (tertiary/aromatic N) is 2. The van der Waals surface area contributed by atoms with Crippen molar-refractivity contribution in [1.29, 1.82) is 5.26 Å². The molecule has 1 heterocycles. The van der Waals surface area contributed by atoms with Gasteiger partial charge < -0.3 is 5.73 Å². The highest BCUT2D eigenvalue weighted by atomic mass is 15.2. The Hall–Kier alpha value is -1.37. The smallest absolute Gasteiger partial charge is 0.0994 e. The fraction of sp³-hybridized carbons (Fsp3) is 0.588. The molecule has 1 aliphatic heterocycles. The highest BCUT2D eigenvalue weighted by molar-refractivity contribution is 5.39. The molecule has 3 heteroatoms. The third-order valence-corrected chi connectivity index (χ3v) is 4.99. The van der Waals surface area contributed by atoms with Gasteiger partial charge in [0.15, 0.2) is 0 Å². The van der Waals surface area contributed by atoms with Gasteiger partial charge in [0.2, 0.25) is 0 Å². The van der Waals surface area contributed by atoms with E-state index in [4.69, 9.17) is 5.73 Å². The quantitative estimate of drug-likeness (QED) is 0.898. The first-order chi connectivity index (χ1) is 9.78. The van der Waals surface area contributed by atoms with E-state index in [0.29, 0.717) is 18.0 Å². The van der Waals surface area contributed by atoms with E-state index in [1.807, 2.05) is 12.1 Å². The molecule has 1 atom stereocenters. The van der Waals surface area contributed by atoms with Gasteiger partial charge in [0.05, 0.1) is 11.6 Å². The van der Waals surface area contributed by atoms with Crippen LogP contribution in [0.4, 0.5) is 0 Å². The second-order valence-electron chi connectivity index (χ2n) is 6.25. The van der Waals surface area contributed by atoms with E-state index in [1.54, 1.807) is 0 Å². The van der Waals surface area contributed by atoms with Crippen LogP contribution in [0.25, 0.3) is 0 Å². The highest BCUT2D eigenvalue weighted by Crippen LogP contribution is 2.36. The molecule has 0 aromatic heterocycles. The Morgan fingerprint density at radius 1 is 1.10 bits per heavy atom. The van der Waals surface area contributed by atoms with Crippen LogP contribution in [0.5, 0.6) is 0 Å². The normalized spacial score (nSPS) is 31.1. The average molecular weight is 269 g/mol. The summed E-state index contributed by atoms with van der Waals surface area (Å²) in [6, 6.07) is 11.5. The molecular formula is C17H23N3. The lowest BCUT2D eigenvalue weighted by Gasteiger charge is -2.35.